The van der Waals surface area contributed by atoms with Gasteiger partial charge in [0, 0.05) is 33.5 Å². The molecule has 1 aliphatic rings. The van der Waals surface area contributed by atoms with Crippen molar-refractivity contribution < 1.29 is 0 Å². The molecule has 0 radical (unpaired) electrons. The average Bonchev–Trinajstić information content (AvgIpc) is 3.10. The Morgan fingerprint density at radius 2 is 1.75 bits per heavy atom. The van der Waals surface area contributed by atoms with Gasteiger partial charge in [-0.1, -0.05) is 23.2 Å². The molecular formula is C14H14Cl2N4. The van der Waals surface area contributed by atoms with E-state index in [0.29, 0.717) is 22.0 Å². The second-order valence-corrected chi connectivity index (χ2v) is 5.79. The van der Waals surface area contributed by atoms with Gasteiger partial charge in [-0.3, -0.25) is 0 Å². The predicted molar refractivity (Wildman–Crippen MR) is 83.2 cm³/mol. The highest BCUT2D eigenvalue weighted by atomic mass is 35.5. The van der Waals surface area contributed by atoms with E-state index >= 15 is 0 Å². The first-order valence-electron chi connectivity index (χ1n) is 6.44. The quantitative estimate of drug-likeness (QED) is 0.878. The third kappa shape index (κ3) is 3.52. The third-order valence-electron chi connectivity index (χ3n) is 2.90. The van der Waals surface area contributed by atoms with E-state index in [0.717, 1.165) is 17.2 Å². The van der Waals surface area contributed by atoms with Crippen molar-refractivity contribution in [3.05, 3.63) is 40.0 Å². The number of aryl methyl sites for hydroxylation is 1. The lowest BCUT2D eigenvalue weighted by molar-refractivity contribution is 1.03. The van der Waals surface area contributed by atoms with Crippen LogP contribution in [-0.2, 0) is 0 Å². The molecule has 2 aromatic rings. The Balaban J connectivity index is 1.83. The second kappa shape index (κ2) is 5.46. The molecule has 2 N–H and O–H groups in total. The number of hydrogen-bond acceptors (Lipinski definition) is 4. The molecule has 0 unspecified atom stereocenters. The second-order valence-electron chi connectivity index (χ2n) is 4.92. The number of nitrogens with one attached hydrogen (secondary N) is 2. The summed E-state index contributed by atoms with van der Waals surface area (Å²) in [5, 5.41) is 7.66. The fourth-order valence-electron chi connectivity index (χ4n) is 1.88. The monoisotopic (exact) mass is 308 g/mol. The number of anilines is 3. The van der Waals surface area contributed by atoms with Crippen LogP contribution in [0.2, 0.25) is 10.0 Å². The van der Waals surface area contributed by atoms with Gasteiger partial charge in [-0.2, -0.15) is 4.98 Å². The van der Waals surface area contributed by atoms with Crippen LogP contribution < -0.4 is 10.6 Å². The van der Waals surface area contributed by atoms with Crippen LogP contribution in [0.25, 0.3) is 0 Å². The molecule has 0 amide bonds. The van der Waals surface area contributed by atoms with Gasteiger partial charge in [-0.15, -0.1) is 0 Å². The maximum absolute atomic E-state index is 5.99. The summed E-state index contributed by atoms with van der Waals surface area (Å²) in [6.45, 7) is 1.94. The number of hydrogen-bond donors (Lipinski definition) is 2. The maximum Gasteiger partial charge on any atom is 0.225 e. The van der Waals surface area contributed by atoms with E-state index in [1.54, 1.807) is 18.2 Å². The van der Waals surface area contributed by atoms with E-state index in [-0.39, 0.29) is 0 Å². The molecule has 0 aliphatic heterocycles. The first kappa shape index (κ1) is 13.5. The summed E-state index contributed by atoms with van der Waals surface area (Å²) < 4.78 is 0. The summed E-state index contributed by atoms with van der Waals surface area (Å²) in [6, 6.07) is 7.70. The predicted octanol–water partition coefficient (Wildman–Crippen LogP) is 4.41. The Hall–Kier alpha value is -1.52. The Kier molecular flexibility index (Phi) is 3.68. The summed E-state index contributed by atoms with van der Waals surface area (Å²) in [5.74, 6) is 1.38. The van der Waals surface area contributed by atoms with Crippen molar-refractivity contribution in [2.75, 3.05) is 10.6 Å². The van der Waals surface area contributed by atoms with Crippen molar-refractivity contribution in [2.24, 2.45) is 0 Å². The van der Waals surface area contributed by atoms with Crippen molar-refractivity contribution in [1.82, 2.24) is 9.97 Å². The Morgan fingerprint density at radius 1 is 1.05 bits per heavy atom. The van der Waals surface area contributed by atoms with Crippen LogP contribution in [0.15, 0.2) is 24.3 Å². The zero-order valence-corrected chi connectivity index (χ0v) is 12.5. The standard InChI is InChI=1S/C14H14Cl2N4/c1-8-4-13(20-14(17-8)19-11-2-3-11)18-12-6-9(15)5-10(16)7-12/h4-7,11H,2-3H2,1H3,(H2,17,18,19,20). The molecule has 104 valence electrons. The Labute approximate surface area is 127 Å². The number of rotatable bonds is 4. The highest BCUT2D eigenvalue weighted by molar-refractivity contribution is 6.35. The van der Waals surface area contributed by atoms with Gasteiger partial charge in [0.05, 0.1) is 0 Å². The van der Waals surface area contributed by atoms with Gasteiger partial charge in [0.25, 0.3) is 0 Å². The van der Waals surface area contributed by atoms with Gasteiger partial charge in [0.15, 0.2) is 0 Å². The topological polar surface area (TPSA) is 49.8 Å². The molecule has 4 nitrogen and oxygen atoms in total. The van der Waals surface area contributed by atoms with Gasteiger partial charge in [0.2, 0.25) is 5.95 Å². The minimum atomic E-state index is 0.519. The highest BCUT2D eigenvalue weighted by Crippen LogP contribution is 2.26. The van der Waals surface area contributed by atoms with Crippen molar-refractivity contribution in [3.63, 3.8) is 0 Å². The molecule has 0 atom stereocenters. The Bertz CT molecular complexity index is 621. The highest BCUT2D eigenvalue weighted by Gasteiger charge is 2.22. The molecule has 1 heterocycles. The fourth-order valence-corrected chi connectivity index (χ4v) is 2.41. The number of benzene rings is 1. The van der Waals surface area contributed by atoms with Crippen LogP contribution in [0.3, 0.4) is 0 Å². The molecule has 1 saturated carbocycles. The van der Waals surface area contributed by atoms with Gasteiger partial charge in [-0.05, 0) is 38.0 Å². The normalized spacial score (nSPS) is 14.2. The summed E-state index contributed by atoms with van der Waals surface area (Å²) in [6.07, 6.45) is 2.37. The Morgan fingerprint density at radius 3 is 2.40 bits per heavy atom. The van der Waals surface area contributed by atoms with Crippen LogP contribution in [0, 0.1) is 6.92 Å². The molecule has 1 aromatic heterocycles. The minimum absolute atomic E-state index is 0.519. The summed E-state index contributed by atoms with van der Waals surface area (Å²) >= 11 is 12.0. The van der Waals surface area contributed by atoms with Crippen LogP contribution >= 0.6 is 23.2 Å². The molecule has 0 bridgehead atoms. The molecule has 1 aromatic carbocycles. The van der Waals surface area contributed by atoms with Crippen molar-refractivity contribution in [2.45, 2.75) is 25.8 Å². The zero-order valence-electron chi connectivity index (χ0n) is 11.0. The molecule has 0 spiro atoms. The largest absolute Gasteiger partial charge is 0.351 e. The molecule has 1 aliphatic carbocycles. The van der Waals surface area contributed by atoms with Crippen LogP contribution in [-0.4, -0.2) is 16.0 Å². The van der Waals surface area contributed by atoms with E-state index < -0.39 is 0 Å². The summed E-state index contributed by atoms with van der Waals surface area (Å²) in [4.78, 5) is 8.83. The lowest BCUT2D eigenvalue weighted by atomic mass is 10.3. The molecule has 1 fully saturated rings. The summed E-state index contributed by atoms with van der Waals surface area (Å²) in [5.41, 5.74) is 1.71. The van der Waals surface area contributed by atoms with E-state index in [2.05, 4.69) is 20.6 Å². The first-order valence-corrected chi connectivity index (χ1v) is 7.19. The van der Waals surface area contributed by atoms with E-state index in [4.69, 9.17) is 23.2 Å². The smallest absolute Gasteiger partial charge is 0.225 e. The lowest BCUT2D eigenvalue weighted by Crippen LogP contribution is -2.07. The third-order valence-corrected chi connectivity index (χ3v) is 3.34. The van der Waals surface area contributed by atoms with E-state index in [1.165, 1.54) is 12.8 Å². The summed E-state index contributed by atoms with van der Waals surface area (Å²) in [7, 11) is 0. The van der Waals surface area contributed by atoms with Crippen LogP contribution in [0.1, 0.15) is 18.5 Å². The van der Waals surface area contributed by atoms with Gasteiger partial charge in [-0.25, -0.2) is 4.98 Å². The van der Waals surface area contributed by atoms with Crippen molar-refractivity contribution in [3.8, 4) is 0 Å². The van der Waals surface area contributed by atoms with Gasteiger partial charge >= 0.3 is 0 Å². The number of nitrogens with zero attached hydrogens (tertiary/aromatic N) is 2. The molecule has 20 heavy (non-hydrogen) atoms. The SMILES string of the molecule is Cc1cc(Nc2cc(Cl)cc(Cl)c2)nc(NC2CC2)n1. The molecule has 0 saturated heterocycles. The number of aromatic nitrogens is 2. The zero-order chi connectivity index (χ0) is 14.1. The molecule has 6 heteroatoms. The van der Waals surface area contributed by atoms with Crippen molar-refractivity contribution >= 4 is 40.7 Å². The molecule has 3 rings (SSSR count). The maximum atomic E-state index is 5.99. The molecular weight excluding hydrogens is 295 g/mol. The minimum Gasteiger partial charge on any atom is -0.351 e. The van der Waals surface area contributed by atoms with Gasteiger partial charge in [0.1, 0.15) is 5.82 Å². The van der Waals surface area contributed by atoms with E-state index in [9.17, 15) is 0 Å². The first-order chi connectivity index (χ1) is 9.58. The fraction of sp³-hybridized carbons (Fsp3) is 0.286. The number of halogens is 2. The van der Waals surface area contributed by atoms with Crippen molar-refractivity contribution in [1.29, 1.82) is 0 Å². The van der Waals surface area contributed by atoms with Crippen LogP contribution in [0.4, 0.5) is 17.5 Å². The van der Waals surface area contributed by atoms with Crippen LogP contribution in [0.5, 0.6) is 0 Å². The lowest BCUT2D eigenvalue weighted by Gasteiger charge is -2.10. The van der Waals surface area contributed by atoms with E-state index in [1.807, 2.05) is 13.0 Å². The van der Waals surface area contributed by atoms with Gasteiger partial charge < -0.3 is 10.6 Å². The average molecular weight is 309 g/mol.